The normalized spacial score (nSPS) is 35.1. The molecule has 2 rings (SSSR count). The highest BCUT2D eigenvalue weighted by molar-refractivity contribution is 5.92. The third-order valence-electron chi connectivity index (χ3n) is 3.29. The van der Waals surface area contributed by atoms with Crippen LogP contribution in [0.25, 0.3) is 0 Å². The lowest BCUT2D eigenvalue weighted by atomic mass is 9.98. The molecule has 0 radical (unpaired) electrons. The SMILES string of the molecule is O=C(O[C@@]1(O)O[C@H](CO)[C@H](O)[C@H](O)[C@H]1O)c1ccccc1O. The molecular formula is C13H16O9. The van der Waals surface area contributed by atoms with E-state index >= 15 is 0 Å². The molecule has 5 atom stereocenters. The first-order valence-electron chi connectivity index (χ1n) is 6.36. The van der Waals surface area contributed by atoms with Crippen molar-refractivity contribution in [2.24, 2.45) is 0 Å². The van der Waals surface area contributed by atoms with Crippen LogP contribution in [0.4, 0.5) is 0 Å². The number of aromatic hydroxyl groups is 1. The monoisotopic (exact) mass is 316 g/mol. The van der Waals surface area contributed by atoms with E-state index in [9.17, 15) is 30.3 Å². The third kappa shape index (κ3) is 2.90. The molecule has 0 aromatic heterocycles. The average molecular weight is 316 g/mol. The van der Waals surface area contributed by atoms with Crippen LogP contribution in [-0.2, 0) is 9.47 Å². The Hall–Kier alpha value is -1.75. The van der Waals surface area contributed by atoms with Gasteiger partial charge in [-0.1, -0.05) is 12.1 Å². The Bertz CT molecular complexity index is 546. The van der Waals surface area contributed by atoms with E-state index in [2.05, 4.69) is 4.74 Å². The molecule has 1 saturated heterocycles. The number of phenolic OH excluding ortho intramolecular Hbond substituents is 1. The summed E-state index contributed by atoms with van der Waals surface area (Å²) in [7, 11) is 0. The molecule has 1 fully saturated rings. The van der Waals surface area contributed by atoms with Crippen LogP contribution in [0.2, 0.25) is 0 Å². The zero-order valence-corrected chi connectivity index (χ0v) is 11.2. The minimum atomic E-state index is -2.99. The van der Waals surface area contributed by atoms with E-state index in [-0.39, 0.29) is 5.56 Å². The van der Waals surface area contributed by atoms with Crippen LogP contribution < -0.4 is 0 Å². The number of benzene rings is 1. The number of esters is 1. The Morgan fingerprint density at radius 2 is 1.86 bits per heavy atom. The highest BCUT2D eigenvalue weighted by atomic mass is 16.8. The maximum Gasteiger partial charge on any atom is 0.357 e. The molecule has 1 aliphatic rings. The van der Waals surface area contributed by atoms with Crippen molar-refractivity contribution in [1.82, 2.24) is 0 Å². The Morgan fingerprint density at radius 1 is 1.23 bits per heavy atom. The lowest BCUT2D eigenvalue weighted by Crippen LogP contribution is -2.66. The maximum absolute atomic E-state index is 11.9. The Balaban J connectivity index is 2.23. The molecule has 1 aromatic carbocycles. The van der Waals surface area contributed by atoms with Crippen LogP contribution in [0.15, 0.2) is 24.3 Å². The molecule has 0 saturated carbocycles. The van der Waals surface area contributed by atoms with Crippen molar-refractivity contribution in [2.75, 3.05) is 6.61 Å². The first-order chi connectivity index (χ1) is 10.3. The zero-order valence-electron chi connectivity index (χ0n) is 11.2. The first-order valence-corrected chi connectivity index (χ1v) is 6.36. The second kappa shape index (κ2) is 6.16. The van der Waals surface area contributed by atoms with Gasteiger partial charge < -0.3 is 40.1 Å². The Kier molecular flexibility index (Phi) is 4.66. The van der Waals surface area contributed by atoms with Crippen molar-refractivity contribution in [1.29, 1.82) is 0 Å². The van der Waals surface area contributed by atoms with E-state index in [1.54, 1.807) is 0 Å². The van der Waals surface area contributed by atoms with Gasteiger partial charge in [0.25, 0.3) is 0 Å². The van der Waals surface area contributed by atoms with Gasteiger partial charge in [0.1, 0.15) is 29.6 Å². The van der Waals surface area contributed by atoms with Gasteiger partial charge in [-0.2, -0.15) is 0 Å². The molecule has 0 amide bonds. The standard InChI is InChI=1S/C13H16O9/c14-5-8-9(16)10(17)11(18)13(20,21-8)22-12(19)6-3-1-2-4-7(6)15/h1-4,8-11,14-18,20H,5H2/t8-,9+,10+,11-,13+/m1/s1. The summed E-state index contributed by atoms with van der Waals surface area (Å²) in [5.74, 6) is -4.66. The highest BCUT2D eigenvalue weighted by Crippen LogP contribution is 2.30. The van der Waals surface area contributed by atoms with Crippen LogP contribution in [0, 0.1) is 0 Å². The largest absolute Gasteiger partial charge is 0.507 e. The minimum Gasteiger partial charge on any atom is -0.507 e. The van der Waals surface area contributed by atoms with E-state index < -0.39 is 48.7 Å². The summed E-state index contributed by atoms with van der Waals surface area (Å²) in [6.45, 7) is -0.804. The van der Waals surface area contributed by atoms with Crippen LogP contribution in [-0.4, -0.2) is 73.6 Å². The van der Waals surface area contributed by atoms with Crippen LogP contribution in [0.3, 0.4) is 0 Å². The van der Waals surface area contributed by atoms with Gasteiger partial charge in [-0.25, -0.2) is 4.79 Å². The number of hydrogen-bond acceptors (Lipinski definition) is 9. The molecule has 1 aromatic rings. The predicted octanol–water partition coefficient (Wildman–Crippen LogP) is -2.33. The fourth-order valence-electron chi connectivity index (χ4n) is 2.04. The molecule has 0 aliphatic carbocycles. The van der Waals surface area contributed by atoms with Crippen LogP contribution >= 0.6 is 0 Å². The smallest absolute Gasteiger partial charge is 0.357 e. The Labute approximate surface area is 124 Å². The zero-order chi connectivity index (χ0) is 16.5. The second-order valence-corrected chi connectivity index (χ2v) is 4.80. The van der Waals surface area contributed by atoms with Gasteiger partial charge in [0.15, 0.2) is 6.10 Å². The molecule has 1 aliphatic heterocycles. The number of carbonyl (C=O) groups is 1. The third-order valence-corrected chi connectivity index (χ3v) is 3.29. The van der Waals surface area contributed by atoms with Crippen molar-refractivity contribution in [3.8, 4) is 5.75 Å². The quantitative estimate of drug-likeness (QED) is 0.266. The molecular weight excluding hydrogens is 300 g/mol. The number of ether oxygens (including phenoxy) is 2. The van der Waals surface area contributed by atoms with Crippen molar-refractivity contribution < 1.29 is 44.9 Å². The summed E-state index contributed by atoms with van der Waals surface area (Å²) in [5.41, 5.74) is -0.312. The van der Waals surface area contributed by atoms with Crippen molar-refractivity contribution in [3.63, 3.8) is 0 Å². The fourth-order valence-corrected chi connectivity index (χ4v) is 2.04. The number of para-hydroxylation sites is 1. The molecule has 9 heteroatoms. The second-order valence-electron chi connectivity index (χ2n) is 4.80. The van der Waals surface area contributed by atoms with Gasteiger partial charge in [0.2, 0.25) is 0 Å². The number of phenols is 1. The number of carbonyl (C=O) groups excluding carboxylic acids is 1. The van der Waals surface area contributed by atoms with Crippen LogP contribution in [0.1, 0.15) is 10.4 Å². The maximum atomic E-state index is 11.9. The van der Waals surface area contributed by atoms with Gasteiger partial charge in [-0.3, -0.25) is 0 Å². The highest BCUT2D eigenvalue weighted by Gasteiger charge is 2.56. The summed E-state index contributed by atoms with van der Waals surface area (Å²) < 4.78 is 9.38. The molecule has 22 heavy (non-hydrogen) atoms. The molecule has 6 N–H and O–H groups in total. The van der Waals surface area contributed by atoms with Crippen molar-refractivity contribution >= 4 is 5.97 Å². The van der Waals surface area contributed by atoms with Gasteiger partial charge >= 0.3 is 11.9 Å². The number of rotatable bonds is 3. The number of aliphatic hydroxyl groups is 5. The molecule has 0 unspecified atom stereocenters. The molecule has 1 heterocycles. The fraction of sp³-hybridized carbons (Fsp3) is 0.462. The summed E-state index contributed by atoms with van der Waals surface area (Å²) in [6.07, 6.45) is -7.28. The van der Waals surface area contributed by atoms with Gasteiger partial charge in [0.05, 0.1) is 6.61 Å². The summed E-state index contributed by atoms with van der Waals surface area (Å²) >= 11 is 0. The van der Waals surface area contributed by atoms with E-state index in [1.807, 2.05) is 0 Å². The summed E-state index contributed by atoms with van der Waals surface area (Å²) in [4.78, 5) is 11.9. The first kappa shape index (κ1) is 16.6. The van der Waals surface area contributed by atoms with Crippen molar-refractivity contribution in [3.05, 3.63) is 29.8 Å². The van der Waals surface area contributed by atoms with Crippen molar-refractivity contribution in [2.45, 2.75) is 30.4 Å². The topological polar surface area (TPSA) is 157 Å². The van der Waals surface area contributed by atoms with E-state index in [1.165, 1.54) is 24.3 Å². The van der Waals surface area contributed by atoms with E-state index in [4.69, 9.17) is 9.84 Å². The summed E-state index contributed by atoms with van der Waals surface area (Å²) in [5, 5.41) is 57.6. The van der Waals surface area contributed by atoms with Crippen LogP contribution in [0.5, 0.6) is 5.75 Å². The van der Waals surface area contributed by atoms with Gasteiger partial charge in [-0.05, 0) is 12.1 Å². The number of hydrogen-bond donors (Lipinski definition) is 6. The summed E-state index contributed by atoms with van der Waals surface area (Å²) in [6, 6.07) is 5.28. The Morgan fingerprint density at radius 3 is 2.45 bits per heavy atom. The minimum absolute atomic E-state index is 0.312. The number of aliphatic hydroxyl groups excluding tert-OH is 4. The van der Waals surface area contributed by atoms with Gasteiger partial charge in [0, 0.05) is 0 Å². The average Bonchev–Trinajstić information content (AvgIpc) is 2.49. The lowest BCUT2D eigenvalue weighted by molar-refractivity contribution is -0.430. The molecule has 0 bridgehead atoms. The lowest BCUT2D eigenvalue weighted by Gasteiger charge is -2.43. The molecule has 9 nitrogen and oxygen atoms in total. The van der Waals surface area contributed by atoms with E-state index in [0.717, 1.165) is 0 Å². The predicted molar refractivity (Wildman–Crippen MR) is 68.5 cm³/mol. The van der Waals surface area contributed by atoms with Gasteiger partial charge in [-0.15, -0.1) is 0 Å². The molecule has 0 spiro atoms. The molecule has 122 valence electrons. The van der Waals surface area contributed by atoms with E-state index in [0.29, 0.717) is 0 Å².